The van der Waals surface area contributed by atoms with Gasteiger partial charge in [-0.2, -0.15) is 10.2 Å². The summed E-state index contributed by atoms with van der Waals surface area (Å²) in [5.41, 5.74) is 6.25. The van der Waals surface area contributed by atoms with Crippen molar-refractivity contribution < 1.29 is 4.79 Å². The number of para-hydroxylation sites is 1. The van der Waals surface area contributed by atoms with Crippen LogP contribution >= 0.6 is 11.8 Å². The molecule has 2 aromatic rings. The van der Waals surface area contributed by atoms with Crippen molar-refractivity contribution in [3.05, 3.63) is 58.9 Å². The van der Waals surface area contributed by atoms with E-state index in [0.29, 0.717) is 29.4 Å². The molecule has 134 valence electrons. The smallest absolute Gasteiger partial charge is 0.275 e. The fourth-order valence-electron chi connectivity index (χ4n) is 2.26. The Bertz CT molecular complexity index is 917. The van der Waals surface area contributed by atoms with E-state index in [0.717, 1.165) is 11.8 Å². The van der Waals surface area contributed by atoms with Crippen molar-refractivity contribution in [3.63, 3.8) is 0 Å². The number of rotatable bonds is 7. The molecule has 0 saturated carbocycles. The maximum Gasteiger partial charge on any atom is 0.275 e. The van der Waals surface area contributed by atoms with Crippen LogP contribution in [0.25, 0.3) is 0 Å². The molecule has 1 aromatic heterocycles. The number of nitrogen functional groups attached to an aromatic ring is 1. The number of carbonyl (C=O) groups excluding carboxylic acids is 1. The molecule has 1 atom stereocenters. The largest absolute Gasteiger partial charge is 0.385 e. The lowest BCUT2D eigenvalue weighted by molar-refractivity contribution is -0.115. The van der Waals surface area contributed by atoms with Crippen LogP contribution in [0.5, 0.6) is 0 Å². The summed E-state index contributed by atoms with van der Waals surface area (Å²) in [6.45, 7) is 5.90. The van der Waals surface area contributed by atoms with Crippen LogP contribution in [0.2, 0.25) is 0 Å². The number of anilines is 2. The van der Waals surface area contributed by atoms with Crippen molar-refractivity contribution in [2.45, 2.75) is 30.3 Å². The highest BCUT2D eigenvalue weighted by atomic mass is 32.2. The lowest BCUT2D eigenvalue weighted by Gasteiger charge is -2.18. The number of benzene rings is 1. The standard InChI is InChI=1S/C18H19N5O2S/c1-3-9-23-15(20)10-16(24)22-18(23)26-14(4-2)17(25)21-13-8-6-5-7-12(13)11-19/h3,5-8,10,14H,1,4,9,20H2,2H3,(H,21,25)/t14-/m0/s1. The maximum atomic E-state index is 12.6. The molecule has 0 aliphatic carbocycles. The summed E-state index contributed by atoms with van der Waals surface area (Å²) in [5, 5.41) is 11.7. The van der Waals surface area contributed by atoms with Crippen LogP contribution in [-0.4, -0.2) is 20.7 Å². The van der Waals surface area contributed by atoms with E-state index in [4.69, 9.17) is 11.0 Å². The third-order valence-electron chi connectivity index (χ3n) is 3.55. The van der Waals surface area contributed by atoms with Crippen LogP contribution < -0.4 is 16.6 Å². The first-order chi connectivity index (χ1) is 12.5. The Morgan fingerprint density at radius 1 is 1.54 bits per heavy atom. The molecule has 0 aliphatic heterocycles. The van der Waals surface area contributed by atoms with E-state index in [1.807, 2.05) is 13.0 Å². The summed E-state index contributed by atoms with van der Waals surface area (Å²) in [6.07, 6.45) is 2.14. The quantitative estimate of drug-likeness (QED) is 0.440. The number of carbonyl (C=O) groups is 1. The van der Waals surface area contributed by atoms with Gasteiger partial charge in [0.2, 0.25) is 5.91 Å². The highest BCUT2D eigenvalue weighted by Gasteiger charge is 2.22. The number of nitriles is 1. The summed E-state index contributed by atoms with van der Waals surface area (Å²) in [4.78, 5) is 28.3. The lowest BCUT2D eigenvalue weighted by atomic mass is 10.2. The monoisotopic (exact) mass is 369 g/mol. The molecule has 0 bridgehead atoms. The van der Waals surface area contributed by atoms with Crippen LogP contribution in [0.3, 0.4) is 0 Å². The van der Waals surface area contributed by atoms with Gasteiger partial charge in [-0.15, -0.1) is 6.58 Å². The van der Waals surface area contributed by atoms with Gasteiger partial charge in [0, 0.05) is 12.6 Å². The van der Waals surface area contributed by atoms with Gasteiger partial charge in [-0.05, 0) is 18.6 Å². The van der Waals surface area contributed by atoms with Gasteiger partial charge in [0.05, 0.1) is 16.5 Å². The number of hydrogen-bond donors (Lipinski definition) is 2. The van der Waals surface area contributed by atoms with E-state index in [-0.39, 0.29) is 11.7 Å². The fourth-order valence-corrected chi connectivity index (χ4v) is 3.29. The Kier molecular flexibility index (Phi) is 6.58. The number of thioether (sulfide) groups is 1. The molecule has 7 nitrogen and oxygen atoms in total. The Balaban J connectivity index is 2.27. The van der Waals surface area contributed by atoms with Crippen LogP contribution in [0.4, 0.5) is 11.5 Å². The number of aromatic nitrogens is 2. The highest BCUT2D eigenvalue weighted by Crippen LogP contribution is 2.26. The van der Waals surface area contributed by atoms with Crippen LogP contribution in [0, 0.1) is 11.3 Å². The predicted octanol–water partition coefficient (Wildman–Crippen LogP) is 2.39. The number of nitrogens with zero attached hydrogens (tertiary/aromatic N) is 3. The zero-order valence-electron chi connectivity index (χ0n) is 14.3. The summed E-state index contributed by atoms with van der Waals surface area (Å²) in [7, 11) is 0. The lowest BCUT2D eigenvalue weighted by Crippen LogP contribution is -2.27. The molecule has 1 heterocycles. The molecule has 8 heteroatoms. The summed E-state index contributed by atoms with van der Waals surface area (Å²) in [6, 6.07) is 10.0. The molecular weight excluding hydrogens is 350 g/mol. The van der Waals surface area contributed by atoms with Gasteiger partial charge in [-0.1, -0.05) is 36.9 Å². The third-order valence-corrected chi connectivity index (χ3v) is 4.90. The molecule has 0 fully saturated rings. The number of allylic oxidation sites excluding steroid dienone is 1. The number of amides is 1. The Hall–Kier alpha value is -3.05. The van der Waals surface area contributed by atoms with Gasteiger partial charge in [0.15, 0.2) is 5.16 Å². The predicted molar refractivity (Wildman–Crippen MR) is 103 cm³/mol. The molecule has 0 spiro atoms. The van der Waals surface area contributed by atoms with Gasteiger partial charge >= 0.3 is 0 Å². The van der Waals surface area contributed by atoms with E-state index in [1.54, 1.807) is 34.9 Å². The normalized spacial score (nSPS) is 11.4. The topological polar surface area (TPSA) is 114 Å². The average Bonchev–Trinajstić information content (AvgIpc) is 2.62. The van der Waals surface area contributed by atoms with Crippen molar-refractivity contribution in [1.82, 2.24) is 9.55 Å². The summed E-state index contributed by atoms with van der Waals surface area (Å²) in [5.74, 6) is -0.0143. The van der Waals surface area contributed by atoms with Gasteiger partial charge in [-0.25, -0.2) is 0 Å². The van der Waals surface area contributed by atoms with Crippen molar-refractivity contribution in [3.8, 4) is 6.07 Å². The Labute approximate surface area is 155 Å². The number of hydrogen-bond acceptors (Lipinski definition) is 6. The van der Waals surface area contributed by atoms with Gasteiger partial charge < -0.3 is 15.6 Å². The van der Waals surface area contributed by atoms with Crippen LogP contribution in [0.1, 0.15) is 18.9 Å². The minimum absolute atomic E-state index is 0.262. The molecule has 1 amide bonds. The van der Waals surface area contributed by atoms with Crippen molar-refractivity contribution in [2.24, 2.45) is 0 Å². The van der Waals surface area contributed by atoms with E-state index in [2.05, 4.69) is 16.9 Å². The molecule has 0 saturated heterocycles. The second kappa shape index (κ2) is 8.87. The van der Waals surface area contributed by atoms with E-state index in [9.17, 15) is 9.59 Å². The fraction of sp³-hybridized carbons (Fsp3) is 0.222. The molecule has 0 unspecified atom stereocenters. The molecular formula is C18H19N5O2S. The van der Waals surface area contributed by atoms with E-state index >= 15 is 0 Å². The maximum absolute atomic E-state index is 12.6. The van der Waals surface area contributed by atoms with Gasteiger partial charge in [0.25, 0.3) is 5.56 Å². The highest BCUT2D eigenvalue weighted by molar-refractivity contribution is 8.00. The third kappa shape index (κ3) is 4.52. The van der Waals surface area contributed by atoms with E-state index < -0.39 is 10.8 Å². The molecule has 0 aliphatic rings. The molecule has 0 radical (unpaired) electrons. The van der Waals surface area contributed by atoms with Crippen molar-refractivity contribution in [1.29, 1.82) is 5.26 Å². The Morgan fingerprint density at radius 3 is 2.92 bits per heavy atom. The van der Waals surface area contributed by atoms with E-state index in [1.165, 1.54) is 6.07 Å². The number of nitrogens with two attached hydrogens (primary N) is 1. The zero-order chi connectivity index (χ0) is 19.1. The van der Waals surface area contributed by atoms with Gasteiger partial charge in [-0.3, -0.25) is 9.59 Å². The average molecular weight is 369 g/mol. The van der Waals surface area contributed by atoms with Gasteiger partial charge in [0.1, 0.15) is 11.9 Å². The summed E-state index contributed by atoms with van der Waals surface area (Å²) >= 11 is 1.15. The first kappa shape index (κ1) is 19.3. The zero-order valence-corrected chi connectivity index (χ0v) is 15.1. The second-order valence-electron chi connectivity index (χ2n) is 5.36. The minimum Gasteiger partial charge on any atom is -0.385 e. The summed E-state index contributed by atoms with van der Waals surface area (Å²) < 4.78 is 1.62. The van der Waals surface area contributed by atoms with Crippen molar-refractivity contribution >= 4 is 29.2 Å². The Morgan fingerprint density at radius 2 is 2.27 bits per heavy atom. The molecule has 26 heavy (non-hydrogen) atoms. The number of nitrogens with one attached hydrogen (secondary N) is 1. The molecule has 2 rings (SSSR count). The second-order valence-corrected chi connectivity index (χ2v) is 6.53. The first-order valence-corrected chi connectivity index (χ1v) is 8.83. The minimum atomic E-state index is -0.508. The van der Waals surface area contributed by atoms with Crippen LogP contribution in [0.15, 0.2) is 52.9 Å². The van der Waals surface area contributed by atoms with Crippen LogP contribution in [-0.2, 0) is 11.3 Å². The molecule has 1 aromatic carbocycles. The SMILES string of the molecule is C=CCn1c(N)cc(=O)nc1S[C@@H](CC)C(=O)Nc1ccccc1C#N. The molecule has 3 N–H and O–H groups in total. The van der Waals surface area contributed by atoms with Crippen molar-refractivity contribution in [2.75, 3.05) is 11.1 Å². The first-order valence-electron chi connectivity index (χ1n) is 7.95.